The molecule has 1 aromatic heterocycles. The third kappa shape index (κ3) is 4.62. The van der Waals surface area contributed by atoms with Gasteiger partial charge in [0.25, 0.3) is 0 Å². The SMILES string of the molecule is CN(Sc1cncc(Br)c1)[C@H](c1ccc(Cl)cc1)C(F)(F)F. The molecule has 0 N–H and O–H groups in total. The molecule has 0 spiro atoms. The largest absolute Gasteiger partial charge is 0.408 e. The van der Waals surface area contributed by atoms with Crippen LogP contribution in [0.5, 0.6) is 0 Å². The molecule has 0 saturated heterocycles. The summed E-state index contributed by atoms with van der Waals surface area (Å²) in [5.41, 5.74) is 0.134. The number of benzene rings is 1. The highest BCUT2D eigenvalue weighted by atomic mass is 79.9. The van der Waals surface area contributed by atoms with Crippen molar-refractivity contribution in [1.82, 2.24) is 9.29 Å². The molecule has 0 amide bonds. The summed E-state index contributed by atoms with van der Waals surface area (Å²) in [6.07, 6.45) is -1.32. The minimum Gasteiger partial charge on any atom is -0.262 e. The van der Waals surface area contributed by atoms with Gasteiger partial charge in [-0.05, 0) is 58.7 Å². The van der Waals surface area contributed by atoms with Gasteiger partial charge in [0, 0.05) is 26.8 Å². The molecular formula is C14H11BrClF3N2S. The number of rotatable bonds is 4. The van der Waals surface area contributed by atoms with Crippen LogP contribution >= 0.6 is 39.5 Å². The van der Waals surface area contributed by atoms with E-state index in [1.807, 2.05) is 0 Å². The van der Waals surface area contributed by atoms with Crippen LogP contribution in [0.4, 0.5) is 13.2 Å². The summed E-state index contributed by atoms with van der Waals surface area (Å²) < 4.78 is 42.1. The first kappa shape index (κ1) is 17.6. The Morgan fingerprint density at radius 1 is 1.23 bits per heavy atom. The first-order chi connectivity index (χ1) is 10.3. The van der Waals surface area contributed by atoms with Crippen molar-refractivity contribution in [1.29, 1.82) is 0 Å². The normalized spacial score (nSPS) is 13.4. The molecule has 1 heterocycles. The van der Waals surface area contributed by atoms with E-state index in [9.17, 15) is 13.2 Å². The lowest BCUT2D eigenvalue weighted by Crippen LogP contribution is -2.31. The highest BCUT2D eigenvalue weighted by Gasteiger charge is 2.44. The Labute approximate surface area is 143 Å². The van der Waals surface area contributed by atoms with Crippen LogP contribution in [-0.2, 0) is 0 Å². The molecule has 2 rings (SSSR count). The molecule has 0 bridgehead atoms. The van der Waals surface area contributed by atoms with Gasteiger partial charge >= 0.3 is 6.18 Å². The lowest BCUT2D eigenvalue weighted by Gasteiger charge is -2.29. The Kier molecular flexibility index (Phi) is 5.76. The smallest absolute Gasteiger partial charge is 0.262 e. The van der Waals surface area contributed by atoms with Gasteiger partial charge in [-0.2, -0.15) is 13.2 Å². The quantitative estimate of drug-likeness (QED) is 0.597. The lowest BCUT2D eigenvalue weighted by atomic mass is 10.1. The van der Waals surface area contributed by atoms with E-state index in [1.165, 1.54) is 37.5 Å². The van der Waals surface area contributed by atoms with Gasteiger partial charge in [0.1, 0.15) is 6.04 Å². The summed E-state index contributed by atoms with van der Waals surface area (Å²) in [6.45, 7) is 0. The first-order valence-corrected chi connectivity index (χ1v) is 8.05. The molecule has 1 aromatic carbocycles. The van der Waals surface area contributed by atoms with Crippen LogP contribution in [0.3, 0.4) is 0 Å². The molecule has 0 unspecified atom stereocenters. The molecule has 0 aliphatic rings. The molecule has 0 saturated carbocycles. The fourth-order valence-electron chi connectivity index (χ4n) is 1.91. The zero-order chi connectivity index (χ0) is 16.3. The molecule has 1 atom stereocenters. The average molecular weight is 412 g/mol. The number of halogens is 5. The van der Waals surface area contributed by atoms with Crippen molar-refractivity contribution in [2.24, 2.45) is 0 Å². The van der Waals surface area contributed by atoms with Gasteiger partial charge < -0.3 is 0 Å². The third-order valence-corrected chi connectivity index (χ3v) is 4.41. The van der Waals surface area contributed by atoms with E-state index in [1.54, 1.807) is 12.3 Å². The Morgan fingerprint density at radius 2 is 1.86 bits per heavy atom. The Hall–Kier alpha value is -0.760. The van der Waals surface area contributed by atoms with Crippen LogP contribution in [0.15, 0.2) is 52.1 Å². The van der Waals surface area contributed by atoms with Crippen LogP contribution in [0.2, 0.25) is 5.02 Å². The van der Waals surface area contributed by atoms with Crippen molar-refractivity contribution >= 4 is 39.5 Å². The summed E-state index contributed by atoms with van der Waals surface area (Å²) >= 11 is 9.97. The molecule has 8 heteroatoms. The topological polar surface area (TPSA) is 16.1 Å². The second-order valence-electron chi connectivity index (χ2n) is 4.47. The van der Waals surface area contributed by atoms with Crippen molar-refractivity contribution in [3.8, 4) is 0 Å². The maximum absolute atomic E-state index is 13.4. The van der Waals surface area contributed by atoms with E-state index in [0.29, 0.717) is 14.4 Å². The van der Waals surface area contributed by atoms with E-state index in [0.717, 1.165) is 16.3 Å². The Morgan fingerprint density at radius 3 is 2.41 bits per heavy atom. The van der Waals surface area contributed by atoms with Gasteiger partial charge in [-0.3, -0.25) is 4.98 Å². The van der Waals surface area contributed by atoms with Crippen molar-refractivity contribution in [2.75, 3.05) is 7.05 Å². The Balaban J connectivity index is 2.27. The van der Waals surface area contributed by atoms with Crippen LogP contribution in [0, 0.1) is 0 Å². The van der Waals surface area contributed by atoms with Crippen LogP contribution in [-0.4, -0.2) is 22.5 Å². The van der Waals surface area contributed by atoms with E-state index >= 15 is 0 Å². The summed E-state index contributed by atoms with van der Waals surface area (Å²) in [5.74, 6) is 0. The summed E-state index contributed by atoms with van der Waals surface area (Å²) in [4.78, 5) is 4.56. The zero-order valence-corrected chi connectivity index (χ0v) is 14.5. The average Bonchev–Trinajstić information content (AvgIpc) is 2.39. The minimum absolute atomic E-state index is 0.134. The predicted molar refractivity (Wildman–Crippen MR) is 85.8 cm³/mol. The van der Waals surface area contributed by atoms with Gasteiger partial charge in [0.15, 0.2) is 0 Å². The van der Waals surface area contributed by atoms with Crippen molar-refractivity contribution < 1.29 is 13.2 Å². The predicted octanol–water partition coefficient (Wildman–Crippen LogP) is 5.74. The number of aromatic nitrogens is 1. The van der Waals surface area contributed by atoms with Gasteiger partial charge in [-0.15, -0.1) is 0 Å². The lowest BCUT2D eigenvalue weighted by molar-refractivity contribution is -0.169. The number of alkyl halides is 3. The summed E-state index contributed by atoms with van der Waals surface area (Å²) in [6, 6.07) is 5.65. The molecule has 22 heavy (non-hydrogen) atoms. The van der Waals surface area contributed by atoms with E-state index in [-0.39, 0.29) is 5.56 Å². The standard InChI is InChI=1S/C14H11BrClF3N2S/c1-21(22-12-6-10(15)7-20-8-12)13(14(17,18)19)9-2-4-11(16)5-3-9/h2-8,13H,1H3/t13-/m1/s1. The fourth-order valence-corrected chi connectivity index (χ4v) is 3.52. The highest BCUT2D eigenvalue weighted by Crippen LogP contribution is 2.42. The first-order valence-electron chi connectivity index (χ1n) is 6.11. The van der Waals surface area contributed by atoms with Gasteiger partial charge in [0.05, 0.1) is 0 Å². The van der Waals surface area contributed by atoms with Gasteiger partial charge in [-0.25, -0.2) is 4.31 Å². The second kappa shape index (κ2) is 7.21. The third-order valence-electron chi connectivity index (χ3n) is 2.79. The van der Waals surface area contributed by atoms with Gasteiger partial charge in [-0.1, -0.05) is 23.7 Å². The van der Waals surface area contributed by atoms with E-state index in [2.05, 4.69) is 20.9 Å². The van der Waals surface area contributed by atoms with Crippen LogP contribution in [0.25, 0.3) is 0 Å². The van der Waals surface area contributed by atoms with E-state index in [4.69, 9.17) is 11.6 Å². The summed E-state index contributed by atoms with van der Waals surface area (Å²) in [7, 11) is 1.40. The maximum atomic E-state index is 13.4. The Bertz CT molecular complexity index is 637. The molecular weight excluding hydrogens is 401 g/mol. The van der Waals surface area contributed by atoms with Crippen LogP contribution < -0.4 is 0 Å². The zero-order valence-electron chi connectivity index (χ0n) is 11.3. The van der Waals surface area contributed by atoms with Crippen LogP contribution in [0.1, 0.15) is 11.6 Å². The molecule has 0 aliphatic heterocycles. The van der Waals surface area contributed by atoms with Crippen molar-refractivity contribution in [2.45, 2.75) is 17.1 Å². The molecule has 0 radical (unpaired) electrons. The molecule has 2 nitrogen and oxygen atoms in total. The monoisotopic (exact) mass is 410 g/mol. The maximum Gasteiger partial charge on any atom is 0.408 e. The molecule has 0 fully saturated rings. The highest BCUT2D eigenvalue weighted by molar-refractivity contribution is 9.10. The molecule has 2 aromatic rings. The van der Waals surface area contributed by atoms with Crippen molar-refractivity contribution in [3.63, 3.8) is 0 Å². The number of pyridine rings is 1. The summed E-state index contributed by atoms with van der Waals surface area (Å²) in [5, 5.41) is 0.399. The number of hydrogen-bond donors (Lipinski definition) is 0. The second-order valence-corrected chi connectivity index (χ2v) is 7.05. The van der Waals surface area contributed by atoms with Gasteiger partial charge in [0.2, 0.25) is 0 Å². The fraction of sp³-hybridized carbons (Fsp3) is 0.214. The minimum atomic E-state index is -4.41. The number of nitrogens with zero attached hydrogens (tertiary/aromatic N) is 2. The molecule has 0 aliphatic carbocycles. The van der Waals surface area contributed by atoms with Crippen molar-refractivity contribution in [3.05, 3.63) is 57.8 Å². The molecule has 118 valence electrons. The van der Waals surface area contributed by atoms with E-state index < -0.39 is 12.2 Å². The number of hydrogen-bond acceptors (Lipinski definition) is 3.